The highest BCUT2D eigenvalue weighted by Crippen LogP contribution is 2.33. The molecule has 2 aromatic heterocycles. The molecule has 2 atom stereocenters. The average Bonchev–Trinajstić information content (AvgIpc) is 3.29. The monoisotopic (exact) mass is 392 g/mol. The average molecular weight is 392 g/mol. The number of likely N-dealkylation sites (tertiary alicyclic amines) is 1. The van der Waals surface area contributed by atoms with Crippen molar-refractivity contribution in [1.29, 1.82) is 0 Å². The number of anilines is 1. The fourth-order valence-corrected chi connectivity index (χ4v) is 4.42. The van der Waals surface area contributed by atoms with Gasteiger partial charge in [0.15, 0.2) is 0 Å². The van der Waals surface area contributed by atoms with Crippen molar-refractivity contribution in [3.05, 3.63) is 71.8 Å². The lowest BCUT2D eigenvalue weighted by Gasteiger charge is -2.25. The van der Waals surface area contributed by atoms with Gasteiger partial charge in [0.05, 0.1) is 0 Å². The van der Waals surface area contributed by atoms with Crippen molar-refractivity contribution >= 4 is 11.6 Å². The number of halogens is 1. The number of fused-ring (bicyclic) bond motifs is 2. The Balaban J connectivity index is 1.29. The highest BCUT2D eigenvalue weighted by atomic mass is 19.1. The molecule has 5 rings (SSSR count). The van der Waals surface area contributed by atoms with Crippen molar-refractivity contribution in [2.75, 3.05) is 18.4 Å². The number of amides is 1. The van der Waals surface area contributed by atoms with Gasteiger partial charge >= 0.3 is 0 Å². The maximum Gasteiger partial charge on any atom is 0.293 e. The minimum atomic E-state index is -0.394. The van der Waals surface area contributed by atoms with Crippen LogP contribution in [-0.4, -0.2) is 43.6 Å². The maximum absolute atomic E-state index is 13.4. The van der Waals surface area contributed by atoms with Crippen molar-refractivity contribution in [3.8, 4) is 0 Å². The topological polar surface area (TPSA) is 75.9 Å². The minimum absolute atomic E-state index is 0.287. The van der Waals surface area contributed by atoms with Gasteiger partial charge in [-0.25, -0.2) is 4.39 Å². The van der Waals surface area contributed by atoms with Gasteiger partial charge < -0.3 is 9.88 Å². The molecule has 8 heteroatoms. The number of hydrogen-bond acceptors (Lipinski definition) is 5. The maximum atomic E-state index is 13.4. The molecule has 1 amide bonds. The van der Waals surface area contributed by atoms with E-state index >= 15 is 0 Å². The summed E-state index contributed by atoms with van der Waals surface area (Å²) >= 11 is 0. The summed E-state index contributed by atoms with van der Waals surface area (Å²) in [5.74, 6) is 1.36. The lowest BCUT2D eigenvalue weighted by molar-refractivity contribution is 0.100. The van der Waals surface area contributed by atoms with Gasteiger partial charge in [-0.3, -0.25) is 14.7 Å². The third-order valence-corrected chi connectivity index (χ3v) is 5.78. The van der Waals surface area contributed by atoms with Crippen LogP contribution < -0.4 is 5.32 Å². The third kappa shape index (κ3) is 3.63. The van der Waals surface area contributed by atoms with E-state index in [0.717, 1.165) is 38.4 Å². The van der Waals surface area contributed by atoms with E-state index in [0.29, 0.717) is 17.5 Å². The molecule has 7 nitrogen and oxygen atoms in total. The minimum Gasteiger partial charge on any atom is -0.319 e. The zero-order chi connectivity index (χ0) is 19.8. The number of carbonyl (C=O) groups excluding carboxylic acids is 1. The summed E-state index contributed by atoms with van der Waals surface area (Å²) in [5.41, 5.74) is 1.67. The normalized spacial score (nSPS) is 20.9. The van der Waals surface area contributed by atoms with E-state index < -0.39 is 5.82 Å². The summed E-state index contributed by atoms with van der Waals surface area (Å²) in [7, 11) is 0. The Morgan fingerprint density at radius 2 is 1.93 bits per heavy atom. The van der Waals surface area contributed by atoms with E-state index in [1.165, 1.54) is 17.7 Å². The Kier molecular flexibility index (Phi) is 4.55. The van der Waals surface area contributed by atoms with Gasteiger partial charge in [0.1, 0.15) is 11.6 Å². The Labute approximate surface area is 167 Å². The van der Waals surface area contributed by atoms with E-state index in [4.69, 9.17) is 0 Å². The quantitative estimate of drug-likeness (QED) is 0.738. The smallest absolute Gasteiger partial charge is 0.293 e. The number of aromatic nitrogens is 4. The number of carbonyl (C=O) groups is 1. The van der Waals surface area contributed by atoms with Crippen molar-refractivity contribution in [2.24, 2.45) is 11.8 Å². The van der Waals surface area contributed by atoms with Crippen molar-refractivity contribution in [2.45, 2.75) is 19.5 Å². The first-order chi connectivity index (χ1) is 14.2. The predicted octanol–water partition coefficient (Wildman–Crippen LogP) is 2.37. The van der Waals surface area contributed by atoms with Crippen LogP contribution in [0.5, 0.6) is 0 Å². The molecule has 0 aliphatic carbocycles. The molecule has 0 bridgehead atoms. The fraction of sp³-hybridized carbons (Fsp3) is 0.333. The van der Waals surface area contributed by atoms with Crippen molar-refractivity contribution < 1.29 is 9.18 Å². The summed E-state index contributed by atoms with van der Waals surface area (Å²) in [4.78, 5) is 19.2. The summed E-state index contributed by atoms with van der Waals surface area (Å²) in [6.45, 7) is 3.63. The summed E-state index contributed by atoms with van der Waals surface area (Å²) in [5, 5.41) is 11.1. The molecule has 0 unspecified atom stereocenters. The Morgan fingerprint density at radius 3 is 2.76 bits per heavy atom. The molecule has 29 heavy (non-hydrogen) atoms. The van der Waals surface area contributed by atoms with Crippen LogP contribution in [0, 0.1) is 17.7 Å². The lowest BCUT2D eigenvalue weighted by Crippen LogP contribution is -2.31. The first-order valence-corrected chi connectivity index (χ1v) is 9.76. The Bertz CT molecular complexity index is 1040. The van der Waals surface area contributed by atoms with Crippen molar-refractivity contribution in [3.63, 3.8) is 0 Å². The van der Waals surface area contributed by atoms with Gasteiger partial charge in [0.25, 0.3) is 5.91 Å². The Hall–Kier alpha value is -3.13. The van der Waals surface area contributed by atoms with Crippen LogP contribution in [0.4, 0.5) is 10.1 Å². The number of pyridine rings is 1. The zero-order valence-corrected chi connectivity index (χ0v) is 15.8. The largest absolute Gasteiger partial charge is 0.319 e. The molecular weight excluding hydrogens is 371 g/mol. The number of rotatable bonds is 4. The summed E-state index contributed by atoms with van der Waals surface area (Å²) < 4.78 is 15.3. The van der Waals surface area contributed by atoms with E-state index in [9.17, 15) is 9.18 Å². The highest BCUT2D eigenvalue weighted by Gasteiger charge is 2.39. The number of nitrogens with one attached hydrogen (secondary N) is 1. The SMILES string of the molecule is O=C(Nc1cccc(F)c1)c1nnc2n1C[C@H]1CN(Cc3ccncc3)C[C@H]1C2. The molecule has 1 N–H and O–H groups in total. The molecule has 0 saturated carbocycles. The number of hydrogen-bond donors (Lipinski definition) is 1. The lowest BCUT2D eigenvalue weighted by atomic mass is 9.89. The van der Waals surface area contributed by atoms with Crippen molar-refractivity contribution in [1.82, 2.24) is 24.6 Å². The zero-order valence-electron chi connectivity index (χ0n) is 15.8. The molecule has 1 saturated heterocycles. The predicted molar refractivity (Wildman–Crippen MR) is 105 cm³/mol. The standard InChI is InChI=1S/C21H21FN6O/c22-17-2-1-3-18(9-17)24-21(29)20-26-25-19-8-15-11-27(12-16(15)13-28(19)20)10-14-4-6-23-7-5-14/h1-7,9,15-16H,8,10-13H2,(H,24,29)/t15-,16-/m1/s1. The molecule has 1 aromatic carbocycles. The van der Waals surface area contributed by atoms with Gasteiger partial charge in [0, 0.05) is 50.7 Å². The van der Waals surface area contributed by atoms with Gasteiger partial charge in [-0.1, -0.05) is 6.07 Å². The van der Waals surface area contributed by atoms with Crippen LogP contribution in [0.1, 0.15) is 22.0 Å². The second kappa shape index (κ2) is 7.36. The summed E-state index contributed by atoms with van der Waals surface area (Å²) in [6.07, 6.45) is 4.46. The van der Waals surface area contributed by atoms with Gasteiger partial charge in [-0.2, -0.15) is 0 Å². The van der Waals surface area contributed by atoms with Crippen LogP contribution in [-0.2, 0) is 19.5 Å². The van der Waals surface area contributed by atoms with Gasteiger partial charge in [0.2, 0.25) is 5.82 Å². The molecular formula is C21H21FN6O. The van der Waals surface area contributed by atoms with E-state index in [2.05, 4.69) is 25.4 Å². The van der Waals surface area contributed by atoms with E-state index in [1.807, 2.05) is 29.1 Å². The first kappa shape index (κ1) is 17.9. The van der Waals surface area contributed by atoms with Crippen LogP contribution in [0.3, 0.4) is 0 Å². The molecule has 0 radical (unpaired) electrons. The van der Waals surface area contributed by atoms with E-state index in [-0.39, 0.29) is 11.7 Å². The van der Waals surface area contributed by atoms with Crippen LogP contribution >= 0.6 is 0 Å². The molecule has 3 aromatic rings. The highest BCUT2D eigenvalue weighted by molar-refractivity contribution is 6.01. The number of nitrogens with zero attached hydrogens (tertiary/aromatic N) is 5. The van der Waals surface area contributed by atoms with Crippen LogP contribution in [0.2, 0.25) is 0 Å². The molecule has 2 aliphatic rings. The van der Waals surface area contributed by atoms with Gasteiger partial charge in [-0.15, -0.1) is 10.2 Å². The van der Waals surface area contributed by atoms with Crippen LogP contribution in [0.15, 0.2) is 48.8 Å². The van der Waals surface area contributed by atoms with Crippen LogP contribution in [0.25, 0.3) is 0 Å². The van der Waals surface area contributed by atoms with Gasteiger partial charge in [-0.05, 0) is 47.7 Å². The molecule has 148 valence electrons. The number of benzene rings is 1. The molecule has 1 fully saturated rings. The fourth-order valence-electron chi connectivity index (χ4n) is 4.42. The second-order valence-electron chi connectivity index (χ2n) is 7.79. The molecule has 2 aliphatic heterocycles. The molecule has 4 heterocycles. The third-order valence-electron chi connectivity index (χ3n) is 5.78. The summed E-state index contributed by atoms with van der Waals surface area (Å²) in [6, 6.07) is 9.93. The van der Waals surface area contributed by atoms with E-state index in [1.54, 1.807) is 12.1 Å². The molecule has 0 spiro atoms. The second-order valence-corrected chi connectivity index (χ2v) is 7.79. The first-order valence-electron chi connectivity index (χ1n) is 9.76. The Morgan fingerprint density at radius 1 is 1.10 bits per heavy atom.